The molecule has 1 unspecified atom stereocenters. The molecule has 0 aliphatic carbocycles. The third kappa shape index (κ3) is 18.3. The number of aliphatic hydroxyl groups excluding tert-OH is 1. The Bertz CT molecular complexity index is 26.9. The van der Waals surface area contributed by atoms with E-state index in [2.05, 4.69) is 0 Å². The number of rotatable bonds is 1. The first kappa shape index (κ1) is 11.5. The fraction of sp³-hybridized carbons (Fsp3) is 1.00. The molecular weight excluding hydrogens is 325 g/mol. The standard InChI is InChI=1S/C2H4Cl2O.ClH.Hf/c3-1-2(4)5;;/h2,5H,1H2;1H;/q;;+1/p-1. The van der Waals surface area contributed by atoms with Crippen molar-refractivity contribution in [3.63, 3.8) is 0 Å². The molecule has 0 aliphatic rings. The summed E-state index contributed by atoms with van der Waals surface area (Å²) in [5, 5.41) is 7.99. The first-order valence-electron chi connectivity index (χ1n) is 1.34. The summed E-state index contributed by atoms with van der Waals surface area (Å²) in [5.41, 5.74) is -0.878. The van der Waals surface area contributed by atoms with Gasteiger partial charge < -0.3 is 5.11 Å². The van der Waals surface area contributed by atoms with E-state index in [1.54, 1.807) is 0 Å². The van der Waals surface area contributed by atoms with Crippen molar-refractivity contribution in [1.29, 1.82) is 0 Å². The monoisotopic (exact) mass is 329 g/mol. The minimum absolute atomic E-state index is 0.0988. The molecule has 43 valence electrons. The van der Waals surface area contributed by atoms with E-state index in [9.17, 15) is 0 Å². The third-order valence-electron chi connectivity index (χ3n) is 0.127. The maximum absolute atomic E-state index is 7.99. The SMILES string of the molecule is OC(Cl)CCl.[Cl][Hf]. The molecule has 0 aromatic heterocycles. The number of halogens is 3. The molecule has 0 saturated heterocycles. The molecule has 1 N–H and O–H groups in total. The fourth-order valence-electron chi connectivity index (χ4n) is 0. The summed E-state index contributed by atoms with van der Waals surface area (Å²) in [6, 6.07) is 0. The van der Waals surface area contributed by atoms with Gasteiger partial charge in [-0.15, -0.1) is 11.6 Å². The first-order valence-corrected chi connectivity index (χ1v) is 6.76. The second kappa shape index (κ2) is 10.6. The molecule has 0 spiro atoms. The van der Waals surface area contributed by atoms with Crippen molar-refractivity contribution in [2.24, 2.45) is 0 Å². The minimum atomic E-state index is -0.878. The molecule has 0 saturated carbocycles. The van der Waals surface area contributed by atoms with Crippen LogP contribution in [0.5, 0.6) is 0 Å². The molecule has 0 radical (unpaired) electrons. The summed E-state index contributed by atoms with van der Waals surface area (Å²) in [6.45, 7) is 0. The average Bonchev–Trinajstić information content (AvgIpc) is 1.73. The molecule has 0 fully saturated rings. The van der Waals surface area contributed by atoms with Gasteiger partial charge in [0.1, 0.15) is 5.56 Å². The molecular formula is C2H4Cl3HfO. The summed E-state index contributed by atoms with van der Waals surface area (Å²) in [7, 11) is 4.78. The van der Waals surface area contributed by atoms with Gasteiger partial charge in [0.2, 0.25) is 0 Å². The van der Waals surface area contributed by atoms with Crippen LogP contribution in [-0.2, 0) is 23.2 Å². The van der Waals surface area contributed by atoms with E-state index in [0.29, 0.717) is 0 Å². The van der Waals surface area contributed by atoms with E-state index in [4.69, 9.17) is 36.9 Å². The summed E-state index contributed by atoms with van der Waals surface area (Å²) in [6.07, 6.45) is 0. The predicted octanol–water partition coefficient (Wildman–Crippen LogP) is 1.47. The van der Waals surface area contributed by atoms with Crippen LogP contribution in [0.4, 0.5) is 0 Å². The van der Waals surface area contributed by atoms with Crippen molar-refractivity contribution < 1.29 is 28.3 Å². The predicted molar refractivity (Wildman–Crippen MR) is 28.4 cm³/mol. The van der Waals surface area contributed by atoms with Gasteiger partial charge in [0.05, 0.1) is 5.88 Å². The van der Waals surface area contributed by atoms with Crippen LogP contribution in [0.2, 0.25) is 0 Å². The zero-order valence-corrected chi connectivity index (χ0v) is 9.23. The van der Waals surface area contributed by atoms with E-state index >= 15 is 0 Å². The van der Waals surface area contributed by atoms with Crippen LogP contribution >= 0.6 is 31.8 Å². The van der Waals surface area contributed by atoms with Gasteiger partial charge in [-0.3, -0.25) is 0 Å². The Morgan fingerprint density at radius 1 is 1.57 bits per heavy atom. The Labute approximate surface area is 71.1 Å². The molecule has 0 aromatic carbocycles. The van der Waals surface area contributed by atoms with Crippen molar-refractivity contribution >= 4 is 31.8 Å². The van der Waals surface area contributed by atoms with E-state index in [1.165, 1.54) is 0 Å². The molecule has 0 rings (SSSR count). The van der Waals surface area contributed by atoms with Crippen LogP contribution < -0.4 is 0 Å². The topological polar surface area (TPSA) is 20.2 Å². The van der Waals surface area contributed by atoms with Gasteiger partial charge in [-0.05, 0) is 0 Å². The molecule has 7 heavy (non-hydrogen) atoms. The Morgan fingerprint density at radius 3 is 1.71 bits per heavy atom. The zero-order valence-electron chi connectivity index (χ0n) is 3.37. The number of aliphatic hydroxyl groups is 1. The van der Waals surface area contributed by atoms with Gasteiger partial charge in [0.15, 0.2) is 0 Å². The first-order chi connectivity index (χ1) is 3.27. The Morgan fingerprint density at radius 2 is 1.71 bits per heavy atom. The Kier molecular flexibility index (Phi) is 17.5. The second-order valence-electron chi connectivity index (χ2n) is 0.589. The van der Waals surface area contributed by atoms with Crippen molar-refractivity contribution in [2.45, 2.75) is 5.56 Å². The Hall–Kier alpha value is 1.70. The second-order valence-corrected chi connectivity index (χ2v) is 1.40. The van der Waals surface area contributed by atoms with Crippen molar-refractivity contribution in [3.8, 4) is 0 Å². The summed E-state index contributed by atoms with van der Waals surface area (Å²) in [4.78, 5) is 0. The number of hydrogen-bond donors (Lipinski definition) is 1. The van der Waals surface area contributed by atoms with Crippen LogP contribution in [0.1, 0.15) is 0 Å². The zero-order chi connectivity index (χ0) is 6.28. The number of hydrogen-bond acceptors (Lipinski definition) is 1. The van der Waals surface area contributed by atoms with Crippen LogP contribution in [0.25, 0.3) is 0 Å². The van der Waals surface area contributed by atoms with Crippen molar-refractivity contribution in [1.82, 2.24) is 0 Å². The molecule has 0 heterocycles. The van der Waals surface area contributed by atoms with Gasteiger partial charge in [0, 0.05) is 0 Å². The molecule has 0 aromatic rings. The van der Waals surface area contributed by atoms with E-state index < -0.39 is 5.56 Å². The van der Waals surface area contributed by atoms with E-state index in [0.717, 1.165) is 23.2 Å². The van der Waals surface area contributed by atoms with E-state index in [-0.39, 0.29) is 5.88 Å². The average molecular weight is 329 g/mol. The molecule has 5 heteroatoms. The summed E-state index contributed by atoms with van der Waals surface area (Å²) in [5.74, 6) is 0.0988. The van der Waals surface area contributed by atoms with Crippen molar-refractivity contribution in [2.75, 3.05) is 5.88 Å². The van der Waals surface area contributed by atoms with Crippen LogP contribution in [0, 0.1) is 0 Å². The molecule has 0 amide bonds. The third-order valence-corrected chi connectivity index (χ3v) is 0.732. The molecule has 0 bridgehead atoms. The van der Waals surface area contributed by atoms with Crippen LogP contribution in [0.3, 0.4) is 0 Å². The Balaban J connectivity index is 0. The van der Waals surface area contributed by atoms with Gasteiger partial charge >= 0.3 is 31.8 Å². The molecule has 1 atom stereocenters. The van der Waals surface area contributed by atoms with E-state index in [1.807, 2.05) is 0 Å². The van der Waals surface area contributed by atoms with Gasteiger partial charge in [-0.1, -0.05) is 11.6 Å². The van der Waals surface area contributed by atoms with Gasteiger partial charge in [-0.2, -0.15) is 0 Å². The molecule has 0 aliphatic heterocycles. The summed E-state index contributed by atoms with van der Waals surface area (Å²) < 4.78 is 0. The summed E-state index contributed by atoms with van der Waals surface area (Å²) >= 11 is 10.6. The van der Waals surface area contributed by atoms with Gasteiger partial charge in [0.25, 0.3) is 0 Å². The van der Waals surface area contributed by atoms with Crippen LogP contribution in [-0.4, -0.2) is 16.5 Å². The fourth-order valence-corrected chi connectivity index (χ4v) is 0. The van der Waals surface area contributed by atoms with Crippen molar-refractivity contribution in [3.05, 3.63) is 0 Å². The molecule has 1 nitrogen and oxygen atoms in total. The quantitative estimate of drug-likeness (QED) is 0.571. The number of alkyl halides is 2. The van der Waals surface area contributed by atoms with Gasteiger partial charge in [-0.25, -0.2) is 0 Å². The normalized spacial score (nSPS) is 11.3. The van der Waals surface area contributed by atoms with Crippen LogP contribution in [0.15, 0.2) is 0 Å². The maximum atomic E-state index is 7.99.